The lowest BCUT2D eigenvalue weighted by molar-refractivity contribution is 0.101. The molecule has 7 heteroatoms. The van der Waals surface area contributed by atoms with Crippen LogP contribution in [0.4, 0.5) is 0 Å². The molecule has 0 amide bonds. The van der Waals surface area contributed by atoms with Crippen molar-refractivity contribution in [1.29, 1.82) is 0 Å². The first-order valence-electron chi connectivity index (χ1n) is 6.65. The molecule has 0 atom stereocenters. The van der Waals surface area contributed by atoms with Crippen molar-refractivity contribution in [3.63, 3.8) is 0 Å². The van der Waals surface area contributed by atoms with Crippen molar-refractivity contribution in [2.75, 3.05) is 0 Å². The van der Waals surface area contributed by atoms with Crippen LogP contribution in [0.3, 0.4) is 0 Å². The highest BCUT2D eigenvalue weighted by molar-refractivity contribution is 5.93. The highest BCUT2D eigenvalue weighted by Crippen LogP contribution is 2.09. The van der Waals surface area contributed by atoms with Crippen LogP contribution >= 0.6 is 0 Å². The van der Waals surface area contributed by atoms with Crippen LogP contribution in [0.1, 0.15) is 42.9 Å². The maximum absolute atomic E-state index is 12.2. The zero-order valence-corrected chi connectivity index (χ0v) is 12.5. The van der Waals surface area contributed by atoms with E-state index >= 15 is 0 Å². The Labute approximate surface area is 121 Å². The number of nitrogens with zero attached hydrogens (tertiary/aromatic N) is 4. The molecule has 0 aromatic carbocycles. The van der Waals surface area contributed by atoms with E-state index in [1.54, 1.807) is 12.5 Å². The molecule has 2 rings (SSSR count). The van der Waals surface area contributed by atoms with Gasteiger partial charge in [-0.3, -0.25) is 18.7 Å². The van der Waals surface area contributed by atoms with Crippen molar-refractivity contribution in [2.45, 2.75) is 33.4 Å². The van der Waals surface area contributed by atoms with Crippen molar-refractivity contribution in [3.05, 3.63) is 50.8 Å². The first-order valence-corrected chi connectivity index (χ1v) is 6.65. The smallest absolute Gasteiger partial charge is 0.330 e. The van der Waals surface area contributed by atoms with E-state index in [1.165, 1.54) is 24.7 Å². The van der Waals surface area contributed by atoms with Crippen LogP contribution in [0.25, 0.3) is 0 Å². The largest absolute Gasteiger partial charge is 0.331 e. The zero-order valence-electron chi connectivity index (χ0n) is 12.5. The molecule has 21 heavy (non-hydrogen) atoms. The van der Waals surface area contributed by atoms with Gasteiger partial charge in [-0.1, -0.05) is 0 Å². The fraction of sp³-hybridized carbons (Fsp3) is 0.429. The summed E-state index contributed by atoms with van der Waals surface area (Å²) in [5, 5.41) is 0. The van der Waals surface area contributed by atoms with Gasteiger partial charge in [0.25, 0.3) is 5.56 Å². The molecule has 112 valence electrons. The SMILES string of the molecule is CC(=O)c1cn(Cc2cncn2C(C)C)c(=O)n(C)c1=O. The lowest BCUT2D eigenvalue weighted by Crippen LogP contribution is -2.40. The van der Waals surface area contributed by atoms with Crippen molar-refractivity contribution >= 4 is 5.78 Å². The molecule has 0 N–H and O–H groups in total. The Morgan fingerprint density at radius 2 is 2.00 bits per heavy atom. The third-order valence-corrected chi connectivity index (χ3v) is 3.37. The van der Waals surface area contributed by atoms with Gasteiger partial charge in [0, 0.05) is 25.5 Å². The van der Waals surface area contributed by atoms with E-state index in [0.29, 0.717) is 0 Å². The van der Waals surface area contributed by atoms with Crippen LogP contribution in [0.5, 0.6) is 0 Å². The second-order valence-corrected chi connectivity index (χ2v) is 5.26. The summed E-state index contributed by atoms with van der Waals surface area (Å²) in [6.07, 6.45) is 4.69. The number of carbonyl (C=O) groups is 1. The minimum Gasteiger partial charge on any atom is -0.330 e. The molecule has 0 aliphatic rings. The summed E-state index contributed by atoms with van der Waals surface area (Å²) in [6, 6.07) is 0.206. The maximum atomic E-state index is 12.2. The van der Waals surface area contributed by atoms with E-state index in [1.807, 2.05) is 18.4 Å². The first-order chi connectivity index (χ1) is 9.82. The monoisotopic (exact) mass is 290 g/mol. The molecule has 0 unspecified atom stereocenters. The van der Waals surface area contributed by atoms with Crippen molar-refractivity contribution in [2.24, 2.45) is 7.05 Å². The van der Waals surface area contributed by atoms with Crippen LogP contribution in [-0.2, 0) is 13.6 Å². The fourth-order valence-electron chi connectivity index (χ4n) is 2.18. The van der Waals surface area contributed by atoms with Gasteiger partial charge in [-0.25, -0.2) is 9.78 Å². The molecule has 0 bridgehead atoms. The van der Waals surface area contributed by atoms with Gasteiger partial charge in [-0.15, -0.1) is 0 Å². The molecule has 2 aromatic heterocycles. The number of Topliss-reactive ketones (excluding diaryl/α,β-unsaturated/α-hetero) is 1. The van der Waals surface area contributed by atoms with E-state index in [9.17, 15) is 14.4 Å². The van der Waals surface area contributed by atoms with Crippen molar-refractivity contribution < 1.29 is 4.79 Å². The quantitative estimate of drug-likeness (QED) is 0.771. The van der Waals surface area contributed by atoms with Gasteiger partial charge in [0.15, 0.2) is 5.78 Å². The molecule has 0 radical (unpaired) electrons. The van der Waals surface area contributed by atoms with Gasteiger partial charge in [-0.05, 0) is 20.8 Å². The van der Waals surface area contributed by atoms with Crippen molar-refractivity contribution in [3.8, 4) is 0 Å². The number of ketones is 1. The summed E-state index contributed by atoms with van der Waals surface area (Å²) in [6.45, 7) is 5.58. The highest BCUT2D eigenvalue weighted by atomic mass is 16.2. The van der Waals surface area contributed by atoms with Crippen LogP contribution in [0, 0.1) is 0 Å². The maximum Gasteiger partial charge on any atom is 0.331 e. The zero-order chi connectivity index (χ0) is 15.7. The number of hydrogen-bond donors (Lipinski definition) is 0. The second kappa shape index (κ2) is 5.51. The summed E-state index contributed by atoms with van der Waals surface area (Å²) in [7, 11) is 1.37. The number of rotatable bonds is 4. The van der Waals surface area contributed by atoms with Crippen LogP contribution < -0.4 is 11.2 Å². The number of aromatic nitrogens is 4. The van der Waals surface area contributed by atoms with E-state index in [4.69, 9.17) is 0 Å². The Hall–Kier alpha value is -2.44. The second-order valence-electron chi connectivity index (χ2n) is 5.26. The van der Waals surface area contributed by atoms with Gasteiger partial charge in [-0.2, -0.15) is 0 Å². The molecular weight excluding hydrogens is 272 g/mol. The van der Waals surface area contributed by atoms with Crippen LogP contribution in [-0.4, -0.2) is 24.5 Å². The van der Waals surface area contributed by atoms with Gasteiger partial charge in [0.1, 0.15) is 0 Å². The lowest BCUT2D eigenvalue weighted by atomic mass is 10.2. The number of imidazole rings is 1. The first kappa shape index (κ1) is 15.0. The van der Waals surface area contributed by atoms with E-state index in [0.717, 1.165) is 10.3 Å². The lowest BCUT2D eigenvalue weighted by Gasteiger charge is -2.14. The Kier molecular flexibility index (Phi) is 3.93. The molecule has 0 aliphatic carbocycles. The summed E-state index contributed by atoms with van der Waals surface area (Å²) in [5.41, 5.74) is -0.185. The van der Waals surface area contributed by atoms with Crippen LogP contribution in [0.15, 0.2) is 28.3 Å². The molecule has 7 nitrogen and oxygen atoms in total. The standard InChI is InChI=1S/C14H18N4O3/c1-9(2)18-8-15-5-11(18)6-17-7-12(10(3)19)13(20)16(4)14(17)21/h5,7-9H,6H2,1-4H3. The molecule has 2 heterocycles. The van der Waals surface area contributed by atoms with E-state index < -0.39 is 11.2 Å². The number of carbonyl (C=O) groups excluding carboxylic acids is 1. The van der Waals surface area contributed by atoms with Crippen LogP contribution in [0.2, 0.25) is 0 Å². The third-order valence-electron chi connectivity index (χ3n) is 3.37. The summed E-state index contributed by atoms with van der Waals surface area (Å²) >= 11 is 0. The fourth-order valence-corrected chi connectivity index (χ4v) is 2.18. The van der Waals surface area contributed by atoms with Gasteiger partial charge >= 0.3 is 5.69 Å². The predicted octanol–water partition coefficient (Wildman–Crippen LogP) is 0.575. The minimum atomic E-state index is -0.568. The molecular formula is C14H18N4O3. The Morgan fingerprint density at radius 3 is 2.57 bits per heavy atom. The third kappa shape index (κ3) is 2.72. The van der Waals surface area contributed by atoms with Gasteiger partial charge in [0.05, 0.1) is 24.1 Å². The molecule has 0 spiro atoms. The van der Waals surface area contributed by atoms with E-state index in [-0.39, 0.29) is 23.9 Å². The van der Waals surface area contributed by atoms with Gasteiger partial charge < -0.3 is 4.57 Å². The highest BCUT2D eigenvalue weighted by Gasteiger charge is 2.14. The summed E-state index contributed by atoms with van der Waals surface area (Å²) in [5.74, 6) is -0.360. The average molecular weight is 290 g/mol. The molecule has 2 aromatic rings. The van der Waals surface area contributed by atoms with Gasteiger partial charge in [0.2, 0.25) is 0 Å². The Bertz CT molecular complexity index is 795. The topological polar surface area (TPSA) is 78.9 Å². The Balaban J connectivity index is 2.55. The molecule has 0 aliphatic heterocycles. The Morgan fingerprint density at radius 1 is 1.33 bits per heavy atom. The average Bonchev–Trinajstić information content (AvgIpc) is 2.87. The minimum absolute atomic E-state index is 0.00714. The van der Waals surface area contributed by atoms with Crippen molar-refractivity contribution in [1.82, 2.24) is 18.7 Å². The number of hydrogen-bond acceptors (Lipinski definition) is 4. The molecule has 0 fully saturated rings. The molecule has 0 saturated heterocycles. The summed E-state index contributed by atoms with van der Waals surface area (Å²) < 4.78 is 4.24. The molecule has 0 saturated carbocycles. The predicted molar refractivity (Wildman–Crippen MR) is 77.7 cm³/mol. The normalized spacial score (nSPS) is 11.1. The van der Waals surface area contributed by atoms with E-state index in [2.05, 4.69) is 4.98 Å². The summed E-state index contributed by atoms with van der Waals surface area (Å²) in [4.78, 5) is 39.6.